The summed E-state index contributed by atoms with van der Waals surface area (Å²) in [5.41, 5.74) is 0.377. The first-order chi connectivity index (χ1) is 8.99. The first-order valence-corrected chi connectivity index (χ1v) is 5.79. The molecular formula is C12H11F2NO3S. The van der Waals surface area contributed by atoms with E-state index < -0.39 is 12.6 Å². The molecule has 0 aliphatic rings. The molecule has 0 heterocycles. The van der Waals surface area contributed by atoms with Crippen LogP contribution in [0.4, 0.5) is 8.78 Å². The van der Waals surface area contributed by atoms with E-state index in [1.54, 1.807) is 6.92 Å². The van der Waals surface area contributed by atoms with E-state index in [1.165, 1.54) is 12.1 Å². The van der Waals surface area contributed by atoms with Gasteiger partial charge in [-0.2, -0.15) is 14.0 Å². The Balaban J connectivity index is 3.11. The zero-order valence-electron chi connectivity index (χ0n) is 10.0. The van der Waals surface area contributed by atoms with Crippen molar-refractivity contribution in [1.29, 1.82) is 5.26 Å². The highest BCUT2D eigenvalue weighted by Gasteiger charge is 2.17. The van der Waals surface area contributed by atoms with Gasteiger partial charge in [0.25, 0.3) is 0 Å². The smallest absolute Gasteiger partial charge is 0.387 e. The summed E-state index contributed by atoms with van der Waals surface area (Å²) >= 11 is 4.04. The Hall–Kier alpha value is -1.81. The second-order valence-electron chi connectivity index (χ2n) is 3.41. The van der Waals surface area contributed by atoms with Crippen LogP contribution in [0.2, 0.25) is 0 Å². The number of thiol groups is 1. The molecular weight excluding hydrogens is 276 g/mol. The van der Waals surface area contributed by atoms with E-state index in [1.807, 2.05) is 6.07 Å². The maximum atomic E-state index is 12.2. The number of halogens is 2. The van der Waals surface area contributed by atoms with Crippen LogP contribution >= 0.6 is 12.6 Å². The predicted molar refractivity (Wildman–Crippen MR) is 65.4 cm³/mol. The molecule has 0 aliphatic carbocycles. The van der Waals surface area contributed by atoms with Crippen LogP contribution < -0.4 is 4.74 Å². The third kappa shape index (κ3) is 4.10. The fourth-order valence-electron chi connectivity index (χ4n) is 1.45. The molecule has 0 saturated heterocycles. The van der Waals surface area contributed by atoms with E-state index in [9.17, 15) is 13.6 Å². The van der Waals surface area contributed by atoms with Crippen LogP contribution in [0.5, 0.6) is 5.75 Å². The molecule has 7 heteroatoms. The fourth-order valence-corrected chi connectivity index (χ4v) is 1.77. The zero-order valence-corrected chi connectivity index (χ0v) is 10.9. The molecule has 1 aromatic carbocycles. The van der Waals surface area contributed by atoms with Crippen LogP contribution in [0.15, 0.2) is 17.0 Å². The van der Waals surface area contributed by atoms with Crippen molar-refractivity contribution in [2.24, 2.45) is 0 Å². The molecule has 0 fully saturated rings. The summed E-state index contributed by atoms with van der Waals surface area (Å²) in [5, 5.41) is 8.93. The maximum Gasteiger partial charge on any atom is 0.387 e. The number of alkyl halides is 2. The molecule has 19 heavy (non-hydrogen) atoms. The monoisotopic (exact) mass is 287 g/mol. The normalized spacial score (nSPS) is 10.1. The van der Waals surface area contributed by atoms with Gasteiger partial charge in [-0.15, -0.1) is 12.6 Å². The Morgan fingerprint density at radius 3 is 2.74 bits per heavy atom. The number of carbonyl (C=O) groups is 1. The number of hydrogen-bond acceptors (Lipinski definition) is 5. The molecule has 0 bridgehead atoms. The van der Waals surface area contributed by atoms with Crippen molar-refractivity contribution in [3.8, 4) is 11.8 Å². The topological polar surface area (TPSA) is 59.3 Å². The molecule has 0 aromatic heterocycles. The van der Waals surface area contributed by atoms with Gasteiger partial charge in [0, 0.05) is 0 Å². The van der Waals surface area contributed by atoms with E-state index in [0.29, 0.717) is 0 Å². The number of benzene rings is 1. The van der Waals surface area contributed by atoms with Crippen molar-refractivity contribution in [3.05, 3.63) is 23.3 Å². The Bertz CT molecular complexity index is 514. The van der Waals surface area contributed by atoms with Crippen molar-refractivity contribution < 1.29 is 23.0 Å². The van der Waals surface area contributed by atoms with Crippen LogP contribution in [-0.4, -0.2) is 19.2 Å². The number of nitrogens with zero attached hydrogens (tertiary/aromatic N) is 1. The van der Waals surface area contributed by atoms with Gasteiger partial charge in [-0.1, -0.05) is 0 Å². The molecule has 0 saturated carbocycles. The molecule has 0 amide bonds. The number of carbonyl (C=O) groups excluding carboxylic acids is 1. The second-order valence-corrected chi connectivity index (χ2v) is 3.86. The molecule has 1 rings (SSSR count). The SMILES string of the molecule is CCOC(=O)Cc1c(C#N)ccc(OC(F)F)c1S. The van der Waals surface area contributed by atoms with E-state index in [2.05, 4.69) is 17.4 Å². The first kappa shape index (κ1) is 15.2. The Morgan fingerprint density at radius 2 is 2.21 bits per heavy atom. The summed E-state index contributed by atoms with van der Waals surface area (Å²) in [7, 11) is 0. The van der Waals surface area contributed by atoms with Crippen molar-refractivity contribution >= 4 is 18.6 Å². The predicted octanol–water partition coefficient (Wildman–Crippen LogP) is 2.55. The number of rotatable bonds is 5. The molecule has 0 atom stereocenters. The number of esters is 1. The van der Waals surface area contributed by atoms with E-state index in [4.69, 9.17) is 10.00 Å². The zero-order chi connectivity index (χ0) is 14.4. The van der Waals surface area contributed by atoms with Crippen molar-refractivity contribution in [2.45, 2.75) is 24.9 Å². The minimum atomic E-state index is -3.01. The summed E-state index contributed by atoms with van der Waals surface area (Å²) in [4.78, 5) is 11.4. The highest BCUT2D eigenvalue weighted by atomic mass is 32.1. The van der Waals surface area contributed by atoms with Gasteiger partial charge in [0.15, 0.2) is 0 Å². The third-order valence-corrected chi connectivity index (χ3v) is 2.70. The molecule has 102 valence electrons. The summed E-state index contributed by atoms with van der Waals surface area (Å²) in [5.74, 6) is -0.750. The van der Waals surface area contributed by atoms with Crippen molar-refractivity contribution in [2.75, 3.05) is 6.61 Å². The molecule has 0 N–H and O–H groups in total. The maximum absolute atomic E-state index is 12.2. The third-order valence-electron chi connectivity index (χ3n) is 2.21. The van der Waals surface area contributed by atoms with E-state index >= 15 is 0 Å². The lowest BCUT2D eigenvalue weighted by molar-refractivity contribution is -0.142. The number of nitriles is 1. The molecule has 0 spiro atoms. The minimum absolute atomic E-state index is 0.0346. The van der Waals surface area contributed by atoms with E-state index in [0.717, 1.165) is 0 Å². The number of hydrogen-bond donors (Lipinski definition) is 1. The van der Waals surface area contributed by atoms with Gasteiger partial charge in [0.05, 0.1) is 29.6 Å². The quantitative estimate of drug-likeness (QED) is 0.668. The minimum Gasteiger partial charge on any atom is -0.466 e. The Labute approximate surface area is 114 Å². The average Bonchev–Trinajstić information content (AvgIpc) is 2.34. The van der Waals surface area contributed by atoms with Gasteiger partial charge in [-0.05, 0) is 24.6 Å². The second kappa shape index (κ2) is 6.95. The average molecular weight is 287 g/mol. The molecule has 1 aromatic rings. The van der Waals surface area contributed by atoms with Crippen molar-refractivity contribution in [1.82, 2.24) is 0 Å². The van der Waals surface area contributed by atoms with Crippen LogP contribution in [0, 0.1) is 11.3 Å². The van der Waals surface area contributed by atoms with Gasteiger partial charge in [0.2, 0.25) is 0 Å². The summed E-state index contributed by atoms with van der Waals surface area (Å²) in [6.45, 7) is -1.18. The van der Waals surface area contributed by atoms with Gasteiger partial charge in [0.1, 0.15) is 5.75 Å². The Kier molecular flexibility index (Phi) is 5.57. The fraction of sp³-hybridized carbons (Fsp3) is 0.333. The van der Waals surface area contributed by atoms with Gasteiger partial charge in [-0.25, -0.2) is 0 Å². The molecule has 4 nitrogen and oxygen atoms in total. The molecule has 0 aliphatic heterocycles. The van der Waals surface area contributed by atoms with Crippen LogP contribution in [0.1, 0.15) is 18.1 Å². The highest BCUT2D eigenvalue weighted by molar-refractivity contribution is 7.80. The van der Waals surface area contributed by atoms with Gasteiger partial charge >= 0.3 is 12.6 Å². The summed E-state index contributed by atoms with van der Waals surface area (Å²) < 4.78 is 33.4. The highest BCUT2D eigenvalue weighted by Crippen LogP contribution is 2.30. The van der Waals surface area contributed by atoms with Gasteiger partial charge in [-0.3, -0.25) is 4.79 Å². The molecule has 0 radical (unpaired) electrons. The largest absolute Gasteiger partial charge is 0.466 e. The van der Waals surface area contributed by atoms with Crippen LogP contribution in [0.3, 0.4) is 0 Å². The standard InChI is InChI=1S/C12H11F2NO3S/c1-2-17-10(16)5-8-7(6-15)3-4-9(11(8)19)18-12(13)14/h3-4,12,19H,2,5H2,1H3. The van der Waals surface area contributed by atoms with Crippen LogP contribution in [-0.2, 0) is 16.0 Å². The lowest BCUT2D eigenvalue weighted by Gasteiger charge is -2.12. The first-order valence-electron chi connectivity index (χ1n) is 5.35. The van der Waals surface area contributed by atoms with Crippen molar-refractivity contribution in [3.63, 3.8) is 0 Å². The summed E-state index contributed by atoms with van der Waals surface area (Å²) in [6, 6.07) is 4.37. The lowest BCUT2D eigenvalue weighted by Crippen LogP contribution is -2.11. The summed E-state index contributed by atoms with van der Waals surface area (Å²) in [6.07, 6.45) is -0.226. The van der Waals surface area contributed by atoms with E-state index in [-0.39, 0.29) is 34.8 Å². The van der Waals surface area contributed by atoms with Crippen LogP contribution in [0.25, 0.3) is 0 Å². The number of ether oxygens (including phenoxy) is 2. The van der Waals surface area contributed by atoms with Gasteiger partial charge < -0.3 is 9.47 Å². The lowest BCUT2D eigenvalue weighted by atomic mass is 10.0. The Morgan fingerprint density at radius 1 is 1.53 bits per heavy atom. The molecule has 0 unspecified atom stereocenters.